The smallest absolute Gasteiger partial charge is 0.387 e. The van der Waals surface area contributed by atoms with E-state index in [4.69, 9.17) is 0 Å². The molecule has 0 saturated heterocycles. The van der Waals surface area contributed by atoms with Gasteiger partial charge in [-0.15, -0.1) is 0 Å². The summed E-state index contributed by atoms with van der Waals surface area (Å²) < 4.78 is 30.5. The molecule has 1 saturated carbocycles. The lowest BCUT2D eigenvalue weighted by atomic mass is 10.1. The second-order valence-electron chi connectivity index (χ2n) is 6.91. The molecule has 0 amide bonds. The Morgan fingerprint density at radius 1 is 1.20 bits per heavy atom. The fourth-order valence-electron chi connectivity index (χ4n) is 3.59. The topological polar surface area (TPSA) is 118 Å². The van der Waals surface area contributed by atoms with Crippen LogP contribution in [0.4, 0.5) is 8.78 Å². The van der Waals surface area contributed by atoms with Crippen molar-refractivity contribution in [1.82, 2.24) is 29.5 Å². The van der Waals surface area contributed by atoms with E-state index < -0.39 is 17.9 Å². The summed E-state index contributed by atoms with van der Waals surface area (Å²) in [6.45, 7) is -2.90. The minimum atomic E-state index is -2.90. The first kappa shape index (κ1) is 18.2. The summed E-state index contributed by atoms with van der Waals surface area (Å²) in [4.78, 5) is 36.7. The molecule has 0 aliphatic heterocycles. The van der Waals surface area contributed by atoms with Crippen LogP contribution >= 0.6 is 0 Å². The van der Waals surface area contributed by atoms with E-state index in [0.29, 0.717) is 11.3 Å². The minimum absolute atomic E-state index is 0.00471. The number of hydrogen-bond acceptors (Lipinski definition) is 6. The second kappa shape index (κ2) is 6.87. The zero-order valence-corrected chi connectivity index (χ0v) is 15.3. The molecule has 4 heterocycles. The molecule has 2 atom stereocenters. The van der Waals surface area contributed by atoms with Crippen molar-refractivity contribution in [3.63, 3.8) is 0 Å². The Hall–Kier alpha value is -3.89. The van der Waals surface area contributed by atoms with Gasteiger partial charge in [-0.1, -0.05) is 0 Å². The van der Waals surface area contributed by atoms with Gasteiger partial charge in [-0.25, -0.2) is 14.3 Å². The van der Waals surface area contributed by atoms with Crippen molar-refractivity contribution in [3.05, 3.63) is 75.1 Å². The molecule has 1 aliphatic rings. The van der Waals surface area contributed by atoms with Gasteiger partial charge >= 0.3 is 12.3 Å². The fraction of sp³-hybridized carbons (Fsp3) is 0.211. The number of H-pyrrole nitrogens is 2. The van der Waals surface area contributed by atoms with Gasteiger partial charge in [-0.05, 0) is 30.5 Å². The monoisotopic (exact) mass is 412 g/mol. The molecule has 152 valence electrons. The Balaban J connectivity index is 1.50. The van der Waals surface area contributed by atoms with Gasteiger partial charge in [0.05, 0.1) is 17.5 Å². The molecule has 0 aromatic carbocycles. The molecule has 1 fully saturated rings. The molecule has 4 aromatic heterocycles. The zero-order valence-electron chi connectivity index (χ0n) is 15.3. The predicted molar refractivity (Wildman–Crippen MR) is 101 cm³/mol. The van der Waals surface area contributed by atoms with Crippen LogP contribution in [0.5, 0.6) is 5.75 Å². The Labute approximate surface area is 166 Å². The highest BCUT2D eigenvalue weighted by Crippen LogP contribution is 2.55. The average molecular weight is 412 g/mol. The van der Waals surface area contributed by atoms with Crippen LogP contribution in [0, 0.1) is 0 Å². The van der Waals surface area contributed by atoms with E-state index in [1.165, 1.54) is 18.5 Å². The molecule has 1 aliphatic carbocycles. The molecule has 11 heteroatoms. The highest BCUT2D eigenvalue weighted by molar-refractivity contribution is 5.63. The lowest BCUT2D eigenvalue weighted by Crippen LogP contribution is -2.23. The number of fused-ring (bicyclic) bond motifs is 1. The number of aromatic nitrogens is 6. The predicted octanol–water partition coefficient (Wildman–Crippen LogP) is 2.04. The molecule has 4 aromatic rings. The second-order valence-corrected chi connectivity index (χ2v) is 6.91. The van der Waals surface area contributed by atoms with Gasteiger partial charge in [0.15, 0.2) is 5.65 Å². The molecule has 0 bridgehead atoms. The fourth-order valence-corrected chi connectivity index (χ4v) is 3.59. The van der Waals surface area contributed by atoms with Crippen molar-refractivity contribution in [1.29, 1.82) is 0 Å². The molecule has 0 spiro atoms. The quantitative estimate of drug-likeness (QED) is 0.518. The average Bonchev–Trinajstić information content (AvgIpc) is 3.35. The van der Waals surface area contributed by atoms with Gasteiger partial charge in [0.25, 0.3) is 5.56 Å². The van der Waals surface area contributed by atoms with Crippen molar-refractivity contribution in [3.8, 4) is 17.0 Å². The van der Waals surface area contributed by atoms with Crippen molar-refractivity contribution < 1.29 is 13.5 Å². The van der Waals surface area contributed by atoms with Crippen molar-refractivity contribution in [2.24, 2.45) is 0 Å². The lowest BCUT2D eigenvalue weighted by Gasteiger charge is -2.08. The highest BCUT2D eigenvalue weighted by atomic mass is 19.3. The van der Waals surface area contributed by atoms with Crippen molar-refractivity contribution in [2.45, 2.75) is 24.9 Å². The van der Waals surface area contributed by atoms with Crippen LogP contribution in [0.2, 0.25) is 0 Å². The number of hydrogen-bond donors (Lipinski definition) is 2. The molecule has 5 rings (SSSR count). The van der Waals surface area contributed by atoms with Crippen molar-refractivity contribution in [2.75, 3.05) is 0 Å². The number of aromatic amines is 2. The van der Waals surface area contributed by atoms with Crippen LogP contribution < -0.4 is 16.0 Å². The third-order valence-corrected chi connectivity index (χ3v) is 5.04. The van der Waals surface area contributed by atoms with Gasteiger partial charge in [0.2, 0.25) is 0 Å². The summed E-state index contributed by atoms with van der Waals surface area (Å²) in [5.41, 5.74) is 1.79. The van der Waals surface area contributed by atoms with E-state index in [1.807, 2.05) is 0 Å². The van der Waals surface area contributed by atoms with E-state index in [-0.39, 0.29) is 23.1 Å². The highest BCUT2D eigenvalue weighted by Gasteiger charge is 2.42. The zero-order chi connectivity index (χ0) is 20.8. The van der Waals surface area contributed by atoms with Crippen LogP contribution in [0.1, 0.15) is 29.5 Å². The number of halogens is 2. The molecule has 30 heavy (non-hydrogen) atoms. The van der Waals surface area contributed by atoms with Gasteiger partial charge in [0, 0.05) is 35.8 Å². The third-order valence-electron chi connectivity index (χ3n) is 5.04. The van der Waals surface area contributed by atoms with Crippen LogP contribution in [-0.4, -0.2) is 36.2 Å². The lowest BCUT2D eigenvalue weighted by molar-refractivity contribution is -0.0500. The van der Waals surface area contributed by atoms with E-state index in [2.05, 4.69) is 29.8 Å². The largest absolute Gasteiger partial charge is 0.433 e. The SMILES string of the molecule is O=c1[nH]cc(-c2cc([C@H]3C[C@@H]3c3ccc(OC(F)F)cn3)c3nccn3n2)c(=O)[nH]1. The van der Waals surface area contributed by atoms with Crippen LogP contribution in [0.3, 0.4) is 0 Å². The summed E-state index contributed by atoms with van der Waals surface area (Å²) in [5, 5.41) is 4.41. The number of alkyl halides is 2. The van der Waals surface area contributed by atoms with E-state index in [9.17, 15) is 18.4 Å². The number of nitrogens with zero attached hydrogens (tertiary/aromatic N) is 4. The Bertz CT molecular complexity index is 1340. The molecule has 9 nitrogen and oxygen atoms in total. The number of pyridine rings is 1. The molecule has 2 N–H and O–H groups in total. The van der Waals surface area contributed by atoms with E-state index in [1.54, 1.807) is 29.0 Å². The third kappa shape index (κ3) is 3.23. The Kier molecular flexibility index (Phi) is 4.16. The minimum Gasteiger partial charge on any atom is -0.433 e. The van der Waals surface area contributed by atoms with Gasteiger partial charge in [0.1, 0.15) is 5.75 Å². The van der Waals surface area contributed by atoms with Crippen LogP contribution in [0.15, 0.2) is 52.6 Å². The molecule has 0 unspecified atom stereocenters. The molecular weight excluding hydrogens is 398 g/mol. The molecular formula is C19H14F2N6O3. The van der Waals surface area contributed by atoms with E-state index >= 15 is 0 Å². The first-order chi connectivity index (χ1) is 14.5. The van der Waals surface area contributed by atoms with Gasteiger partial charge in [-0.3, -0.25) is 14.8 Å². The normalized spacial score (nSPS) is 18.1. The standard InChI is InChI=1S/C19H14F2N6O3/c20-18(21)30-9-1-2-14(23-7-9)11-5-10(11)12-6-15(26-27-4-3-22-16(12)27)13-8-24-19(29)25-17(13)28/h1-4,6-8,10-11,18H,5H2,(H2,24,25,28,29)/t10-,11-/m0/s1. The first-order valence-corrected chi connectivity index (χ1v) is 9.07. The Morgan fingerprint density at radius 2 is 2.07 bits per heavy atom. The maximum Gasteiger partial charge on any atom is 0.387 e. The number of imidazole rings is 1. The summed E-state index contributed by atoms with van der Waals surface area (Å²) >= 11 is 0. The Morgan fingerprint density at radius 3 is 2.80 bits per heavy atom. The van der Waals surface area contributed by atoms with Crippen molar-refractivity contribution >= 4 is 5.65 Å². The van der Waals surface area contributed by atoms with E-state index in [0.717, 1.165) is 17.7 Å². The molecule has 0 radical (unpaired) electrons. The van der Waals surface area contributed by atoms with Gasteiger partial charge in [-0.2, -0.15) is 13.9 Å². The number of rotatable bonds is 5. The maximum atomic E-state index is 12.3. The maximum absolute atomic E-state index is 12.3. The number of ether oxygens (including phenoxy) is 1. The van der Waals surface area contributed by atoms with Crippen LogP contribution in [-0.2, 0) is 0 Å². The first-order valence-electron chi connectivity index (χ1n) is 9.07. The van der Waals surface area contributed by atoms with Crippen LogP contribution in [0.25, 0.3) is 16.9 Å². The summed E-state index contributed by atoms with van der Waals surface area (Å²) in [6, 6.07) is 4.91. The number of nitrogens with one attached hydrogen (secondary N) is 2. The summed E-state index contributed by atoms with van der Waals surface area (Å²) in [5.74, 6) is 0.160. The summed E-state index contributed by atoms with van der Waals surface area (Å²) in [6.07, 6.45) is 6.67. The van der Waals surface area contributed by atoms with Gasteiger partial charge < -0.3 is 9.72 Å². The summed E-state index contributed by atoms with van der Waals surface area (Å²) in [7, 11) is 0.